The summed E-state index contributed by atoms with van der Waals surface area (Å²) in [4.78, 5) is 24.8. The Morgan fingerprint density at radius 1 is 1.37 bits per heavy atom. The number of likely N-dealkylation sites (tertiary alicyclic amines) is 1. The van der Waals surface area contributed by atoms with Crippen molar-refractivity contribution in [3.63, 3.8) is 0 Å². The molecule has 0 aromatic heterocycles. The van der Waals surface area contributed by atoms with Crippen molar-refractivity contribution in [3.05, 3.63) is 0 Å². The molecule has 19 heavy (non-hydrogen) atoms. The molecule has 1 saturated heterocycles. The van der Waals surface area contributed by atoms with Gasteiger partial charge in [0.2, 0.25) is 5.91 Å². The highest BCUT2D eigenvalue weighted by Crippen LogP contribution is 2.26. The van der Waals surface area contributed by atoms with Crippen LogP contribution in [0.15, 0.2) is 0 Å². The van der Waals surface area contributed by atoms with Crippen LogP contribution in [0.4, 0.5) is 0 Å². The molecule has 1 aliphatic rings. The summed E-state index contributed by atoms with van der Waals surface area (Å²) in [5.41, 5.74) is 5.91. The number of rotatable bonds is 5. The highest BCUT2D eigenvalue weighted by Gasteiger charge is 2.31. The number of aliphatic carboxylic acids is 1. The Kier molecular flexibility index (Phi) is 5.79. The number of amides is 1. The molecular formula is C14H26N2O3. The van der Waals surface area contributed by atoms with E-state index in [2.05, 4.69) is 0 Å². The lowest BCUT2D eigenvalue weighted by atomic mass is 9.84. The molecule has 1 aliphatic heterocycles. The van der Waals surface area contributed by atoms with Crippen molar-refractivity contribution < 1.29 is 14.7 Å². The van der Waals surface area contributed by atoms with Crippen LogP contribution in [0.1, 0.15) is 40.0 Å². The summed E-state index contributed by atoms with van der Waals surface area (Å²) in [5.74, 6) is -0.266. The van der Waals surface area contributed by atoms with Crippen molar-refractivity contribution in [2.75, 3.05) is 13.1 Å². The van der Waals surface area contributed by atoms with Gasteiger partial charge in [0.25, 0.3) is 0 Å². The van der Waals surface area contributed by atoms with E-state index in [1.807, 2.05) is 25.7 Å². The zero-order valence-electron chi connectivity index (χ0n) is 12.1. The second-order valence-electron chi connectivity index (χ2n) is 6.03. The van der Waals surface area contributed by atoms with Gasteiger partial charge in [-0.15, -0.1) is 0 Å². The zero-order valence-corrected chi connectivity index (χ0v) is 12.1. The lowest BCUT2D eigenvalue weighted by Crippen LogP contribution is -2.50. The summed E-state index contributed by atoms with van der Waals surface area (Å²) in [5, 5.41) is 8.85. The fraction of sp³-hybridized carbons (Fsp3) is 0.857. The molecule has 3 atom stereocenters. The Balaban J connectivity index is 2.59. The van der Waals surface area contributed by atoms with Crippen LogP contribution in [-0.2, 0) is 9.59 Å². The van der Waals surface area contributed by atoms with Crippen molar-refractivity contribution in [1.29, 1.82) is 0 Å². The lowest BCUT2D eigenvalue weighted by Gasteiger charge is -2.37. The van der Waals surface area contributed by atoms with E-state index in [1.54, 1.807) is 0 Å². The van der Waals surface area contributed by atoms with Gasteiger partial charge in [-0.3, -0.25) is 9.59 Å². The molecule has 3 N–H and O–H groups in total. The van der Waals surface area contributed by atoms with Crippen molar-refractivity contribution in [1.82, 2.24) is 4.90 Å². The Morgan fingerprint density at radius 2 is 2.00 bits per heavy atom. The Labute approximate surface area is 115 Å². The summed E-state index contributed by atoms with van der Waals surface area (Å²) in [6, 6.07) is -0.450. The maximum Gasteiger partial charge on any atom is 0.303 e. The predicted molar refractivity (Wildman–Crippen MR) is 73.5 cm³/mol. The van der Waals surface area contributed by atoms with Crippen LogP contribution in [0.5, 0.6) is 0 Å². The van der Waals surface area contributed by atoms with Crippen molar-refractivity contribution in [3.8, 4) is 0 Å². The van der Waals surface area contributed by atoms with E-state index in [0.717, 1.165) is 19.4 Å². The number of hydrogen-bond donors (Lipinski definition) is 2. The smallest absolute Gasteiger partial charge is 0.303 e. The maximum absolute atomic E-state index is 12.2. The fourth-order valence-corrected chi connectivity index (χ4v) is 2.61. The molecule has 0 radical (unpaired) electrons. The first-order chi connectivity index (χ1) is 8.82. The molecule has 0 spiro atoms. The van der Waals surface area contributed by atoms with Crippen LogP contribution < -0.4 is 5.73 Å². The number of hydrogen-bond acceptors (Lipinski definition) is 3. The summed E-state index contributed by atoms with van der Waals surface area (Å²) in [7, 11) is 0. The Bertz CT molecular complexity index is 331. The third-order valence-corrected chi connectivity index (χ3v) is 4.07. The van der Waals surface area contributed by atoms with E-state index in [1.165, 1.54) is 0 Å². The monoisotopic (exact) mass is 270 g/mol. The number of carbonyl (C=O) groups excluding carboxylic acids is 1. The maximum atomic E-state index is 12.2. The first-order valence-electron chi connectivity index (χ1n) is 7.09. The molecule has 5 heteroatoms. The molecule has 0 aliphatic carbocycles. The molecule has 0 saturated carbocycles. The molecule has 1 rings (SSSR count). The van der Waals surface area contributed by atoms with E-state index in [4.69, 9.17) is 10.8 Å². The molecule has 1 fully saturated rings. The predicted octanol–water partition coefficient (Wildman–Crippen LogP) is 1.32. The van der Waals surface area contributed by atoms with Crippen molar-refractivity contribution in [2.24, 2.45) is 23.5 Å². The molecule has 1 heterocycles. The van der Waals surface area contributed by atoms with Crippen molar-refractivity contribution in [2.45, 2.75) is 46.1 Å². The van der Waals surface area contributed by atoms with E-state index in [-0.39, 0.29) is 30.1 Å². The third kappa shape index (κ3) is 4.49. The number of carboxylic acids is 1. The quantitative estimate of drug-likeness (QED) is 0.789. The van der Waals surface area contributed by atoms with Gasteiger partial charge in [-0.25, -0.2) is 0 Å². The van der Waals surface area contributed by atoms with Gasteiger partial charge in [-0.1, -0.05) is 20.8 Å². The van der Waals surface area contributed by atoms with Gasteiger partial charge >= 0.3 is 5.97 Å². The van der Waals surface area contributed by atoms with Gasteiger partial charge in [-0.05, 0) is 30.6 Å². The minimum atomic E-state index is -0.769. The van der Waals surface area contributed by atoms with Gasteiger partial charge in [-0.2, -0.15) is 0 Å². The summed E-state index contributed by atoms with van der Waals surface area (Å²) < 4.78 is 0. The van der Waals surface area contributed by atoms with Crippen LogP contribution in [0, 0.1) is 17.8 Å². The standard InChI is InChI=1S/C14H26N2O3/c1-9(2)13(15)14(19)16-6-4-5-11(8-16)10(3)7-12(17)18/h9-11,13H,4-8,15H2,1-3H3,(H,17,18)/t10?,11?,13-/m1/s1. The Hall–Kier alpha value is -1.10. The normalized spacial score (nSPS) is 23.2. The Morgan fingerprint density at radius 3 is 2.53 bits per heavy atom. The van der Waals surface area contributed by atoms with Crippen LogP contribution in [0.2, 0.25) is 0 Å². The largest absolute Gasteiger partial charge is 0.481 e. The summed E-state index contributed by atoms with van der Waals surface area (Å²) >= 11 is 0. The van der Waals surface area contributed by atoms with Gasteiger partial charge in [0.15, 0.2) is 0 Å². The van der Waals surface area contributed by atoms with Gasteiger partial charge in [0.1, 0.15) is 0 Å². The van der Waals surface area contributed by atoms with Gasteiger partial charge in [0.05, 0.1) is 6.04 Å². The number of nitrogens with zero attached hydrogens (tertiary/aromatic N) is 1. The molecule has 5 nitrogen and oxygen atoms in total. The van der Waals surface area contributed by atoms with E-state index in [0.29, 0.717) is 6.54 Å². The van der Waals surface area contributed by atoms with E-state index < -0.39 is 12.0 Å². The lowest BCUT2D eigenvalue weighted by molar-refractivity contribution is -0.139. The SMILES string of the molecule is CC(CC(=O)O)C1CCCN(C(=O)[C@H](N)C(C)C)C1. The van der Waals surface area contributed by atoms with E-state index >= 15 is 0 Å². The highest BCUT2D eigenvalue weighted by molar-refractivity contribution is 5.82. The molecule has 0 bridgehead atoms. The molecule has 0 aromatic carbocycles. The van der Waals surface area contributed by atoms with Gasteiger partial charge in [0, 0.05) is 19.5 Å². The molecule has 110 valence electrons. The average Bonchev–Trinajstić information content (AvgIpc) is 2.36. The molecule has 2 unspecified atom stereocenters. The number of piperidine rings is 1. The van der Waals surface area contributed by atoms with Crippen LogP contribution >= 0.6 is 0 Å². The summed E-state index contributed by atoms with van der Waals surface area (Å²) in [6.45, 7) is 7.23. The molecular weight excluding hydrogens is 244 g/mol. The van der Waals surface area contributed by atoms with Crippen molar-refractivity contribution >= 4 is 11.9 Å². The third-order valence-electron chi connectivity index (χ3n) is 4.07. The van der Waals surface area contributed by atoms with Crippen LogP contribution in [0.25, 0.3) is 0 Å². The number of nitrogens with two attached hydrogens (primary N) is 1. The van der Waals surface area contributed by atoms with E-state index in [9.17, 15) is 9.59 Å². The molecule has 1 amide bonds. The van der Waals surface area contributed by atoms with Crippen LogP contribution in [0.3, 0.4) is 0 Å². The minimum Gasteiger partial charge on any atom is -0.481 e. The molecule has 0 aromatic rings. The average molecular weight is 270 g/mol. The number of carboxylic acid groups (broad SMARTS) is 1. The van der Waals surface area contributed by atoms with Gasteiger partial charge < -0.3 is 15.7 Å². The van der Waals surface area contributed by atoms with Crippen LogP contribution in [-0.4, -0.2) is 41.0 Å². The second-order valence-corrected chi connectivity index (χ2v) is 6.03. The minimum absolute atomic E-state index is 0.00206. The highest BCUT2D eigenvalue weighted by atomic mass is 16.4. The topological polar surface area (TPSA) is 83.6 Å². The zero-order chi connectivity index (χ0) is 14.6. The first kappa shape index (κ1) is 16.0. The summed E-state index contributed by atoms with van der Waals surface area (Å²) in [6.07, 6.45) is 2.10. The second kappa shape index (κ2) is 6.89. The number of carbonyl (C=O) groups is 2. The fourth-order valence-electron chi connectivity index (χ4n) is 2.61. The first-order valence-corrected chi connectivity index (χ1v) is 7.09.